The Hall–Kier alpha value is 0.0800. The van der Waals surface area contributed by atoms with Gasteiger partial charge in [0, 0.05) is 0 Å². The smallest absolute Gasteiger partial charge is 0.726 e. The summed E-state index contributed by atoms with van der Waals surface area (Å²) in [7, 11) is -4.77. The number of nitrogens with zero attached hydrogens (tertiary/aromatic N) is 1. The first-order chi connectivity index (χ1) is 15.9. The molecule has 0 aliphatic heterocycles. The van der Waals surface area contributed by atoms with Gasteiger partial charge in [0.1, 0.15) is 0 Å². The summed E-state index contributed by atoms with van der Waals surface area (Å²) in [6.07, 6.45) is 11.9. The molecule has 8 heteroatoms. The minimum atomic E-state index is -4.77. The van der Waals surface area contributed by atoms with Crippen LogP contribution in [0.2, 0.25) is 0 Å². The van der Waals surface area contributed by atoms with Gasteiger partial charge in [-0.05, 0) is 103 Å². The number of allylic oxidation sites excluding steroid dienone is 1. The third-order valence-electron chi connectivity index (χ3n) is 10.5. The predicted molar refractivity (Wildman–Crippen MR) is 132 cm³/mol. The van der Waals surface area contributed by atoms with Crippen LogP contribution in [-0.4, -0.2) is 30.0 Å². The van der Waals surface area contributed by atoms with Gasteiger partial charge in [-0.1, -0.05) is 59.0 Å². The van der Waals surface area contributed by atoms with Crippen molar-refractivity contribution < 1.29 is 51.9 Å². The molecule has 194 valence electrons. The second-order valence-electron chi connectivity index (χ2n) is 12.7. The molecule has 6 nitrogen and oxygen atoms in total. The van der Waals surface area contributed by atoms with Crippen molar-refractivity contribution in [2.75, 3.05) is 0 Å². The molecule has 0 bridgehead atoms. The molecule has 0 heterocycles. The first kappa shape index (κ1) is 29.6. The largest absolute Gasteiger partial charge is 1.00 e. The Balaban J connectivity index is 0.00000342. The van der Waals surface area contributed by atoms with Crippen molar-refractivity contribution in [2.45, 2.75) is 105 Å². The van der Waals surface area contributed by atoms with E-state index < -0.39 is 16.5 Å². The summed E-state index contributed by atoms with van der Waals surface area (Å²) in [4.78, 5) is 0. The van der Waals surface area contributed by atoms with Crippen LogP contribution in [0.15, 0.2) is 16.8 Å². The molecule has 0 unspecified atom stereocenters. The number of hydrogen-bond acceptors (Lipinski definition) is 6. The van der Waals surface area contributed by atoms with Crippen molar-refractivity contribution in [3.05, 3.63) is 11.6 Å². The van der Waals surface area contributed by atoms with Crippen molar-refractivity contribution >= 4 is 16.1 Å². The van der Waals surface area contributed by atoms with Gasteiger partial charge in [0.15, 0.2) is 0 Å². The molecule has 0 radical (unpaired) electrons. The van der Waals surface area contributed by atoms with E-state index in [1.807, 2.05) is 0 Å². The van der Waals surface area contributed by atoms with Crippen molar-refractivity contribution in [1.82, 2.24) is 0 Å². The Bertz CT molecular complexity index is 934. The zero-order valence-corrected chi connectivity index (χ0v) is 25.4. The first-order valence-corrected chi connectivity index (χ1v) is 14.8. The Morgan fingerprint density at radius 3 is 2.46 bits per heavy atom. The van der Waals surface area contributed by atoms with Gasteiger partial charge in [0.25, 0.3) is 0 Å². The van der Waals surface area contributed by atoms with Crippen LogP contribution in [-0.2, 0) is 14.6 Å². The fourth-order valence-electron chi connectivity index (χ4n) is 8.89. The van der Waals surface area contributed by atoms with E-state index in [4.69, 9.17) is 4.18 Å². The molecule has 35 heavy (non-hydrogen) atoms. The van der Waals surface area contributed by atoms with Gasteiger partial charge in [-0.25, -0.2) is 8.42 Å². The summed E-state index contributed by atoms with van der Waals surface area (Å²) in [5, 5.41) is 13.7. The van der Waals surface area contributed by atoms with Gasteiger partial charge in [0.05, 0.1) is 11.8 Å². The maximum atomic E-state index is 11.2. The maximum absolute atomic E-state index is 11.2. The van der Waals surface area contributed by atoms with E-state index in [1.165, 1.54) is 38.5 Å². The molecule has 3 fully saturated rings. The SMILES string of the molecule is CC(C)CCC[C@@H](C)[C@H]1CC[C@H]2[C@@H]3C/C(=N/O)C4=C[C@@H](OS(=O)(=O)[O-])CC[C@]4(C)[C@H]3CC[C@]12C.[Na+]. The third-order valence-corrected chi connectivity index (χ3v) is 11.0. The summed E-state index contributed by atoms with van der Waals surface area (Å²) in [5.41, 5.74) is 1.74. The molecule has 0 saturated heterocycles. The molecule has 4 rings (SSSR count). The van der Waals surface area contributed by atoms with Crippen molar-refractivity contribution in [2.24, 2.45) is 51.5 Å². The molecular weight excluding hydrogens is 473 g/mol. The zero-order chi connectivity index (χ0) is 24.9. The summed E-state index contributed by atoms with van der Waals surface area (Å²) in [5.74, 6) is 3.88. The molecule has 0 spiro atoms. The van der Waals surface area contributed by atoms with Gasteiger partial charge in [-0.3, -0.25) is 4.18 Å². The van der Waals surface area contributed by atoms with Gasteiger partial charge in [-0.15, -0.1) is 0 Å². The number of oxime groups is 1. The number of hydrogen-bond donors (Lipinski definition) is 1. The molecule has 0 amide bonds. The normalized spacial score (nSPS) is 40.9. The molecule has 8 atom stereocenters. The topological polar surface area (TPSA) is 99.0 Å². The predicted octanol–water partition coefficient (Wildman–Crippen LogP) is 3.32. The Morgan fingerprint density at radius 2 is 1.83 bits per heavy atom. The van der Waals surface area contributed by atoms with Crippen LogP contribution >= 0.6 is 0 Å². The Morgan fingerprint density at radius 1 is 1.11 bits per heavy atom. The van der Waals surface area contributed by atoms with Crippen LogP contribution < -0.4 is 29.6 Å². The molecule has 0 aromatic rings. The summed E-state index contributed by atoms with van der Waals surface area (Å²) in [6, 6.07) is 0. The fraction of sp³-hybridized carbons (Fsp3) is 0.889. The molecular formula is C27H44NNaO5S. The van der Waals surface area contributed by atoms with Crippen LogP contribution in [0.1, 0.15) is 98.8 Å². The van der Waals surface area contributed by atoms with Crippen LogP contribution in [0.25, 0.3) is 0 Å². The van der Waals surface area contributed by atoms with Gasteiger partial charge in [-0.2, -0.15) is 0 Å². The van der Waals surface area contributed by atoms with E-state index in [2.05, 4.69) is 39.8 Å². The monoisotopic (exact) mass is 517 g/mol. The van der Waals surface area contributed by atoms with E-state index in [0.717, 1.165) is 42.6 Å². The van der Waals surface area contributed by atoms with E-state index in [1.54, 1.807) is 6.08 Å². The Labute approximate surface area is 235 Å². The first-order valence-electron chi connectivity index (χ1n) is 13.5. The van der Waals surface area contributed by atoms with Crippen molar-refractivity contribution in [3.8, 4) is 0 Å². The second kappa shape index (κ2) is 11.1. The van der Waals surface area contributed by atoms with E-state index in [0.29, 0.717) is 35.3 Å². The molecule has 0 aromatic heterocycles. The van der Waals surface area contributed by atoms with E-state index >= 15 is 0 Å². The minimum Gasteiger partial charge on any atom is -0.726 e. The van der Waals surface area contributed by atoms with Gasteiger partial charge in [0.2, 0.25) is 10.4 Å². The quantitative estimate of drug-likeness (QED) is 0.184. The molecule has 4 aliphatic rings. The average molecular weight is 518 g/mol. The summed E-state index contributed by atoms with van der Waals surface area (Å²) < 4.78 is 38.3. The van der Waals surface area contributed by atoms with Crippen LogP contribution in [0.5, 0.6) is 0 Å². The maximum Gasteiger partial charge on any atom is 1.00 e. The third kappa shape index (κ3) is 5.75. The molecule has 3 saturated carbocycles. The minimum absolute atomic E-state index is 0. The summed E-state index contributed by atoms with van der Waals surface area (Å²) in [6.45, 7) is 11.9. The van der Waals surface area contributed by atoms with E-state index in [9.17, 15) is 18.2 Å². The van der Waals surface area contributed by atoms with Crippen LogP contribution in [0.3, 0.4) is 0 Å². The van der Waals surface area contributed by atoms with Crippen LogP contribution in [0, 0.1) is 46.3 Å². The molecule has 4 aliphatic carbocycles. The fourth-order valence-corrected chi connectivity index (χ4v) is 9.34. The zero-order valence-electron chi connectivity index (χ0n) is 22.6. The number of rotatable bonds is 7. The van der Waals surface area contributed by atoms with Gasteiger partial charge >= 0.3 is 29.6 Å². The Kier molecular flexibility index (Phi) is 9.36. The number of fused-ring (bicyclic) bond motifs is 5. The van der Waals surface area contributed by atoms with Crippen molar-refractivity contribution in [1.29, 1.82) is 0 Å². The second-order valence-corrected chi connectivity index (χ2v) is 13.7. The van der Waals surface area contributed by atoms with Crippen molar-refractivity contribution in [3.63, 3.8) is 0 Å². The standard InChI is InChI=1S/C27H45NO5S.Na/c1-17(2)7-6-8-18(3)21-9-10-22-20-16-25(28-29)24-15-19(33-34(30,31)32)11-13-27(24,5)23(20)12-14-26(21,22)4;/h15,17-23,29H,6-14,16H2,1-5H3,(H,30,31,32);/q;+1/p-1/b28-25-;/t18-,19+,20+,21-,22+,23+,26-,27-;/m1./s1. The molecule has 1 N–H and O–H groups in total. The molecule has 0 aromatic carbocycles. The van der Waals surface area contributed by atoms with Crippen LogP contribution in [0.4, 0.5) is 0 Å². The summed E-state index contributed by atoms with van der Waals surface area (Å²) >= 11 is 0. The van der Waals surface area contributed by atoms with E-state index in [-0.39, 0.29) is 35.0 Å². The van der Waals surface area contributed by atoms with Gasteiger partial charge < -0.3 is 9.76 Å². The average Bonchev–Trinajstić information content (AvgIpc) is 3.09.